The first-order valence-electron chi connectivity index (χ1n) is 7.32. The molecular weight excluding hydrogens is 378 g/mol. The van der Waals surface area contributed by atoms with Gasteiger partial charge < -0.3 is 5.32 Å². The van der Waals surface area contributed by atoms with Crippen molar-refractivity contribution in [2.24, 2.45) is 0 Å². The maximum absolute atomic E-state index is 12.4. The van der Waals surface area contributed by atoms with Gasteiger partial charge in [-0.05, 0) is 37.3 Å². The number of carbonyl (C=O) groups excluding carboxylic acids is 1. The van der Waals surface area contributed by atoms with E-state index in [1.54, 1.807) is 18.2 Å². The first-order chi connectivity index (χ1) is 12.1. The van der Waals surface area contributed by atoms with E-state index in [-0.39, 0.29) is 5.56 Å². The van der Waals surface area contributed by atoms with Crippen molar-refractivity contribution in [1.82, 2.24) is 4.98 Å². The van der Waals surface area contributed by atoms with E-state index < -0.39 is 31.3 Å². The van der Waals surface area contributed by atoms with E-state index in [0.717, 1.165) is 33.6 Å². The predicted molar refractivity (Wildman–Crippen MR) is 98.5 cm³/mol. The van der Waals surface area contributed by atoms with E-state index >= 15 is 0 Å². The highest BCUT2D eigenvalue weighted by Crippen LogP contribution is 2.27. The van der Waals surface area contributed by atoms with E-state index in [1.165, 1.54) is 17.4 Å². The molecule has 1 amide bonds. The first kappa shape index (κ1) is 18.0. The van der Waals surface area contributed by atoms with Crippen LogP contribution in [0, 0.1) is 17.0 Å². The van der Waals surface area contributed by atoms with Gasteiger partial charge in [-0.1, -0.05) is 0 Å². The lowest BCUT2D eigenvalue weighted by molar-refractivity contribution is -0.387. The number of fused-ring (bicyclic) bond motifs is 1. The SMILES string of the molecule is Cc1nc2ccc(NC(=O)c3ccc(S(C)(=O)=O)c([N+](=O)[O-])c3)cc2s1. The van der Waals surface area contributed by atoms with Gasteiger partial charge in [0, 0.05) is 23.6 Å². The molecule has 10 heteroatoms. The van der Waals surface area contributed by atoms with Crippen LogP contribution in [0.3, 0.4) is 0 Å². The van der Waals surface area contributed by atoms with Crippen molar-refractivity contribution in [3.63, 3.8) is 0 Å². The summed E-state index contributed by atoms with van der Waals surface area (Å²) in [5, 5.41) is 14.7. The Kier molecular flexibility index (Phi) is 4.46. The van der Waals surface area contributed by atoms with E-state index in [9.17, 15) is 23.3 Å². The Morgan fingerprint density at radius 1 is 1.23 bits per heavy atom. The van der Waals surface area contributed by atoms with E-state index in [0.29, 0.717) is 5.69 Å². The number of benzene rings is 2. The minimum Gasteiger partial charge on any atom is -0.322 e. The largest absolute Gasteiger partial charge is 0.322 e. The number of sulfone groups is 1. The predicted octanol–water partition coefficient (Wildman–Crippen LogP) is 3.17. The van der Waals surface area contributed by atoms with Crippen LogP contribution < -0.4 is 5.32 Å². The Morgan fingerprint density at radius 3 is 2.62 bits per heavy atom. The molecule has 0 radical (unpaired) electrons. The summed E-state index contributed by atoms with van der Waals surface area (Å²) in [6.45, 7) is 1.88. The van der Waals surface area contributed by atoms with Crippen LogP contribution in [0.2, 0.25) is 0 Å². The number of amides is 1. The fraction of sp³-hybridized carbons (Fsp3) is 0.125. The Morgan fingerprint density at radius 2 is 1.96 bits per heavy atom. The molecule has 0 aliphatic rings. The van der Waals surface area contributed by atoms with Crippen LogP contribution in [0.15, 0.2) is 41.3 Å². The Balaban J connectivity index is 1.93. The van der Waals surface area contributed by atoms with Gasteiger partial charge in [0.2, 0.25) is 0 Å². The van der Waals surface area contributed by atoms with E-state index in [1.807, 2.05) is 6.92 Å². The van der Waals surface area contributed by atoms with Gasteiger partial charge in [-0.2, -0.15) is 0 Å². The molecule has 134 valence electrons. The summed E-state index contributed by atoms with van der Waals surface area (Å²) in [5.74, 6) is -0.575. The monoisotopic (exact) mass is 391 g/mol. The van der Waals surface area contributed by atoms with E-state index in [4.69, 9.17) is 0 Å². The van der Waals surface area contributed by atoms with Gasteiger partial charge in [-0.3, -0.25) is 14.9 Å². The van der Waals surface area contributed by atoms with Crippen LogP contribution in [0.25, 0.3) is 10.2 Å². The number of thiazole rings is 1. The molecular formula is C16H13N3O5S2. The van der Waals surface area contributed by atoms with Crippen molar-refractivity contribution in [3.05, 3.63) is 57.1 Å². The number of aromatic nitrogens is 1. The average molecular weight is 391 g/mol. The first-order valence-corrected chi connectivity index (χ1v) is 10.0. The van der Waals surface area contributed by atoms with Crippen LogP contribution in [-0.4, -0.2) is 30.5 Å². The number of anilines is 1. The van der Waals surface area contributed by atoms with Gasteiger partial charge in [-0.15, -0.1) is 11.3 Å². The summed E-state index contributed by atoms with van der Waals surface area (Å²) in [6.07, 6.45) is 0.876. The van der Waals surface area contributed by atoms with Crippen LogP contribution in [0.1, 0.15) is 15.4 Å². The molecule has 3 aromatic rings. The number of hydrogen-bond acceptors (Lipinski definition) is 7. The van der Waals surface area contributed by atoms with Crippen molar-refractivity contribution in [3.8, 4) is 0 Å². The normalized spacial score (nSPS) is 11.5. The molecule has 26 heavy (non-hydrogen) atoms. The zero-order valence-electron chi connectivity index (χ0n) is 13.7. The number of nitro benzene ring substituents is 1. The molecule has 0 saturated carbocycles. The van der Waals surface area contributed by atoms with Crippen molar-refractivity contribution >= 4 is 48.7 Å². The highest BCUT2D eigenvalue weighted by molar-refractivity contribution is 7.90. The van der Waals surface area contributed by atoms with E-state index in [2.05, 4.69) is 10.3 Å². The zero-order valence-corrected chi connectivity index (χ0v) is 15.3. The Labute approximate surface area is 152 Å². The number of nitrogens with zero attached hydrogens (tertiary/aromatic N) is 2. The molecule has 0 fully saturated rings. The summed E-state index contributed by atoms with van der Waals surface area (Å²) < 4.78 is 24.2. The molecule has 1 aromatic heterocycles. The fourth-order valence-electron chi connectivity index (χ4n) is 2.44. The molecule has 0 aliphatic heterocycles. The summed E-state index contributed by atoms with van der Waals surface area (Å²) in [4.78, 5) is 26.6. The fourth-order valence-corrected chi connectivity index (χ4v) is 4.13. The molecule has 0 atom stereocenters. The maximum Gasteiger partial charge on any atom is 0.288 e. The zero-order chi connectivity index (χ0) is 19.1. The topological polar surface area (TPSA) is 119 Å². The van der Waals surface area contributed by atoms with Crippen LogP contribution in [0.5, 0.6) is 0 Å². The lowest BCUT2D eigenvalue weighted by Crippen LogP contribution is -2.13. The summed E-state index contributed by atoms with van der Waals surface area (Å²) in [7, 11) is -3.78. The Hall–Kier alpha value is -2.85. The maximum atomic E-state index is 12.4. The molecule has 1 heterocycles. The second-order valence-corrected chi connectivity index (χ2v) is 8.80. The minimum atomic E-state index is -3.78. The molecule has 0 aliphatic carbocycles. The number of hydrogen-bond donors (Lipinski definition) is 1. The van der Waals surface area contributed by atoms with Gasteiger partial charge in [0.05, 0.1) is 20.1 Å². The summed E-state index contributed by atoms with van der Waals surface area (Å²) >= 11 is 1.48. The molecule has 1 N–H and O–H groups in total. The lowest BCUT2D eigenvalue weighted by atomic mass is 10.2. The average Bonchev–Trinajstić information content (AvgIpc) is 2.92. The van der Waals surface area contributed by atoms with Gasteiger partial charge >= 0.3 is 0 Å². The Bertz CT molecular complexity index is 1150. The molecule has 0 bridgehead atoms. The van der Waals surface area contributed by atoms with Crippen LogP contribution in [-0.2, 0) is 9.84 Å². The molecule has 0 unspecified atom stereocenters. The highest BCUT2D eigenvalue weighted by atomic mass is 32.2. The van der Waals surface area contributed by atoms with Crippen molar-refractivity contribution in [1.29, 1.82) is 0 Å². The number of nitro groups is 1. The van der Waals surface area contributed by atoms with Crippen LogP contribution in [0.4, 0.5) is 11.4 Å². The third kappa shape index (κ3) is 3.55. The van der Waals surface area contributed by atoms with Crippen molar-refractivity contribution < 1.29 is 18.1 Å². The van der Waals surface area contributed by atoms with Gasteiger partial charge in [0.1, 0.15) is 4.90 Å². The molecule has 0 saturated heterocycles. The highest BCUT2D eigenvalue weighted by Gasteiger charge is 2.24. The van der Waals surface area contributed by atoms with Gasteiger partial charge in [0.15, 0.2) is 9.84 Å². The van der Waals surface area contributed by atoms with Crippen LogP contribution >= 0.6 is 11.3 Å². The third-order valence-corrected chi connectivity index (χ3v) is 5.65. The lowest BCUT2D eigenvalue weighted by Gasteiger charge is -2.07. The van der Waals surface area contributed by atoms with Crippen molar-refractivity contribution in [2.75, 3.05) is 11.6 Å². The second-order valence-electron chi connectivity index (χ2n) is 5.58. The minimum absolute atomic E-state index is 0.00955. The standard InChI is InChI=1S/C16H13N3O5S2/c1-9-17-12-5-4-11(8-14(12)25-9)18-16(20)10-3-6-15(26(2,23)24)13(7-10)19(21)22/h3-8H,1-2H3,(H,18,20). The summed E-state index contributed by atoms with van der Waals surface area (Å²) in [6, 6.07) is 8.48. The smallest absolute Gasteiger partial charge is 0.288 e. The van der Waals surface area contributed by atoms with Gasteiger partial charge in [-0.25, -0.2) is 13.4 Å². The summed E-state index contributed by atoms with van der Waals surface area (Å²) in [5.41, 5.74) is 0.693. The molecule has 8 nitrogen and oxygen atoms in total. The number of aryl methyl sites for hydroxylation is 1. The quantitative estimate of drug-likeness (QED) is 0.539. The van der Waals surface area contributed by atoms with Gasteiger partial charge in [0.25, 0.3) is 11.6 Å². The molecule has 0 spiro atoms. The number of carbonyl (C=O) groups is 1. The molecule has 2 aromatic carbocycles. The number of rotatable bonds is 4. The number of nitrogens with one attached hydrogen (secondary N) is 1. The van der Waals surface area contributed by atoms with Crippen molar-refractivity contribution in [2.45, 2.75) is 11.8 Å². The molecule has 3 rings (SSSR count). The second kappa shape index (κ2) is 6.46. The third-order valence-electron chi connectivity index (χ3n) is 3.57.